The van der Waals surface area contributed by atoms with Gasteiger partial charge in [0, 0.05) is 6.54 Å². The van der Waals surface area contributed by atoms with Crippen LogP contribution in [0, 0.1) is 24.7 Å². The zero-order valence-electron chi connectivity index (χ0n) is 12.6. The van der Waals surface area contributed by atoms with Gasteiger partial charge in [-0.3, -0.25) is 4.79 Å². The quantitative estimate of drug-likeness (QED) is 0.837. The highest BCUT2D eigenvalue weighted by atomic mass is 16.4. The molecule has 0 spiro atoms. The highest BCUT2D eigenvalue weighted by Gasteiger charge is 2.31. The normalized spacial score (nSPS) is 26.0. The number of hydrogen-bond acceptors (Lipinski definition) is 3. The second-order valence-corrected chi connectivity index (χ2v) is 6.23. The first-order valence-corrected chi connectivity index (χ1v) is 7.72. The van der Waals surface area contributed by atoms with E-state index >= 15 is 0 Å². The van der Waals surface area contributed by atoms with Gasteiger partial charge >= 0.3 is 5.97 Å². The molecule has 0 aliphatic heterocycles. The minimum atomic E-state index is -1.03. The van der Waals surface area contributed by atoms with Crippen LogP contribution in [0.15, 0.2) is 24.3 Å². The summed E-state index contributed by atoms with van der Waals surface area (Å²) in [5, 5.41) is 11.9. The van der Waals surface area contributed by atoms with Crippen LogP contribution in [0.25, 0.3) is 0 Å². The summed E-state index contributed by atoms with van der Waals surface area (Å²) in [6.45, 7) is 2.26. The first-order valence-electron chi connectivity index (χ1n) is 7.72. The van der Waals surface area contributed by atoms with Crippen LogP contribution in [0.4, 0.5) is 0 Å². The number of aromatic carboxylic acids is 1. The number of pyridine rings is 1. The molecule has 116 valence electrons. The van der Waals surface area contributed by atoms with Gasteiger partial charge in [0.15, 0.2) is 0 Å². The minimum Gasteiger partial charge on any atom is -0.478 e. The first-order chi connectivity index (χ1) is 10.5. The number of fused-ring (bicyclic) bond motifs is 2. The number of aromatic nitrogens is 1. The van der Waals surface area contributed by atoms with Crippen LogP contribution in [0.5, 0.6) is 0 Å². The molecular formula is C17H20N2O3. The number of allylic oxidation sites excluding steroid dienone is 2. The van der Waals surface area contributed by atoms with Crippen molar-refractivity contribution >= 4 is 11.9 Å². The SMILES string of the molecule is Cc1nc(C(=O)NCC2CC3C=CC2CC3)ccc1C(=O)O. The van der Waals surface area contributed by atoms with E-state index in [2.05, 4.69) is 22.5 Å². The van der Waals surface area contributed by atoms with Gasteiger partial charge < -0.3 is 10.4 Å². The number of amides is 1. The minimum absolute atomic E-state index is 0.131. The van der Waals surface area contributed by atoms with E-state index < -0.39 is 5.97 Å². The maximum atomic E-state index is 12.2. The summed E-state index contributed by atoms with van der Waals surface area (Å²) in [4.78, 5) is 27.2. The summed E-state index contributed by atoms with van der Waals surface area (Å²) in [5.41, 5.74) is 0.769. The van der Waals surface area contributed by atoms with Gasteiger partial charge in [-0.05, 0) is 56.1 Å². The summed E-state index contributed by atoms with van der Waals surface area (Å²) in [6, 6.07) is 2.91. The van der Waals surface area contributed by atoms with Gasteiger partial charge in [0.25, 0.3) is 5.91 Å². The molecule has 0 aromatic carbocycles. The summed E-state index contributed by atoms with van der Waals surface area (Å²) >= 11 is 0. The average Bonchev–Trinajstić information content (AvgIpc) is 2.53. The van der Waals surface area contributed by atoms with E-state index in [1.807, 2.05) is 0 Å². The Balaban J connectivity index is 1.62. The van der Waals surface area contributed by atoms with Crippen molar-refractivity contribution in [3.05, 3.63) is 41.2 Å². The van der Waals surface area contributed by atoms with Crippen LogP contribution in [-0.4, -0.2) is 28.5 Å². The molecule has 3 aliphatic rings. The van der Waals surface area contributed by atoms with Crippen molar-refractivity contribution in [3.63, 3.8) is 0 Å². The zero-order chi connectivity index (χ0) is 15.7. The molecule has 4 rings (SSSR count). The van der Waals surface area contributed by atoms with Gasteiger partial charge in [0.2, 0.25) is 0 Å². The number of nitrogens with one attached hydrogen (secondary N) is 1. The number of hydrogen-bond donors (Lipinski definition) is 2. The molecule has 1 amide bonds. The van der Waals surface area contributed by atoms with E-state index in [4.69, 9.17) is 5.11 Å². The molecular weight excluding hydrogens is 280 g/mol. The number of carboxylic acid groups (broad SMARTS) is 1. The van der Waals surface area contributed by atoms with Crippen LogP contribution in [0.3, 0.4) is 0 Å². The predicted molar refractivity (Wildman–Crippen MR) is 81.7 cm³/mol. The molecule has 1 saturated carbocycles. The molecule has 0 radical (unpaired) electrons. The van der Waals surface area contributed by atoms with Crippen LogP contribution >= 0.6 is 0 Å². The van der Waals surface area contributed by atoms with E-state index in [1.165, 1.54) is 25.0 Å². The number of carbonyl (C=O) groups is 2. The van der Waals surface area contributed by atoms with E-state index in [0.29, 0.717) is 30.0 Å². The van der Waals surface area contributed by atoms with Crippen molar-refractivity contribution in [1.82, 2.24) is 10.3 Å². The molecule has 1 heterocycles. The Morgan fingerprint density at radius 2 is 2.14 bits per heavy atom. The summed E-state index contributed by atoms with van der Waals surface area (Å²) < 4.78 is 0. The molecule has 2 N–H and O–H groups in total. The third-order valence-corrected chi connectivity index (χ3v) is 4.79. The monoisotopic (exact) mass is 300 g/mol. The van der Waals surface area contributed by atoms with Gasteiger partial charge in [-0.1, -0.05) is 12.2 Å². The largest absolute Gasteiger partial charge is 0.478 e. The van der Waals surface area contributed by atoms with Crippen LogP contribution in [0.1, 0.15) is 45.8 Å². The van der Waals surface area contributed by atoms with Gasteiger partial charge in [0.1, 0.15) is 5.69 Å². The third-order valence-electron chi connectivity index (χ3n) is 4.79. The van der Waals surface area contributed by atoms with Crippen molar-refractivity contribution < 1.29 is 14.7 Å². The highest BCUT2D eigenvalue weighted by molar-refractivity contribution is 5.94. The fraction of sp³-hybridized carbons (Fsp3) is 0.471. The van der Waals surface area contributed by atoms with Gasteiger partial charge in [-0.15, -0.1) is 0 Å². The zero-order valence-corrected chi connectivity index (χ0v) is 12.6. The Hall–Kier alpha value is -2.17. The number of aryl methyl sites for hydroxylation is 1. The molecule has 5 heteroatoms. The van der Waals surface area contributed by atoms with Crippen molar-refractivity contribution in [2.75, 3.05) is 6.54 Å². The maximum absolute atomic E-state index is 12.2. The molecule has 3 unspecified atom stereocenters. The summed E-state index contributed by atoms with van der Waals surface area (Å²) in [5.74, 6) is 0.496. The number of carboxylic acids is 1. The fourth-order valence-corrected chi connectivity index (χ4v) is 3.51. The van der Waals surface area contributed by atoms with Gasteiger partial charge in [0.05, 0.1) is 11.3 Å². The molecule has 1 aromatic heterocycles. The lowest BCUT2D eigenvalue weighted by Gasteiger charge is -2.38. The van der Waals surface area contributed by atoms with Crippen LogP contribution in [-0.2, 0) is 0 Å². The van der Waals surface area contributed by atoms with Crippen molar-refractivity contribution in [3.8, 4) is 0 Å². The van der Waals surface area contributed by atoms with Crippen molar-refractivity contribution in [2.45, 2.75) is 26.2 Å². The average molecular weight is 300 g/mol. The molecule has 1 fully saturated rings. The lowest BCUT2D eigenvalue weighted by molar-refractivity contribution is 0.0694. The number of rotatable bonds is 4. The van der Waals surface area contributed by atoms with E-state index in [1.54, 1.807) is 6.92 Å². The van der Waals surface area contributed by atoms with E-state index in [-0.39, 0.29) is 17.2 Å². The molecule has 2 bridgehead atoms. The maximum Gasteiger partial charge on any atom is 0.337 e. The van der Waals surface area contributed by atoms with Crippen LogP contribution in [0.2, 0.25) is 0 Å². The second-order valence-electron chi connectivity index (χ2n) is 6.23. The van der Waals surface area contributed by atoms with E-state index in [0.717, 1.165) is 6.42 Å². The molecule has 3 aliphatic carbocycles. The molecule has 3 atom stereocenters. The van der Waals surface area contributed by atoms with E-state index in [9.17, 15) is 9.59 Å². The van der Waals surface area contributed by atoms with Crippen molar-refractivity contribution in [1.29, 1.82) is 0 Å². The lowest BCUT2D eigenvalue weighted by atomic mass is 9.69. The first kappa shape index (κ1) is 14.8. The molecule has 22 heavy (non-hydrogen) atoms. The van der Waals surface area contributed by atoms with Gasteiger partial charge in [-0.2, -0.15) is 0 Å². The summed E-state index contributed by atoms with van der Waals surface area (Å²) in [6.07, 6.45) is 8.22. The lowest BCUT2D eigenvalue weighted by Crippen LogP contribution is -2.37. The van der Waals surface area contributed by atoms with Gasteiger partial charge in [-0.25, -0.2) is 9.78 Å². The topological polar surface area (TPSA) is 79.3 Å². The second kappa shape index (κ2) is 5.91. The van der Waals surface area contributed by atoms with Crippen molar-refractivity contribution in [2.24, 2.45) is 17.8 Å². The number of carbonyl (C=O) groups excluding carboxylic acids is 1. The molecule has 5 nitrogen and oxygen atoms in total. The third kappa shape index (κ3) is 2.89. The fourth-order valence-electron chi connectivity index (χ4n) is 3.51. The molecule has 0 saturated heterocycles. The Bertz CT molecular complexity index is 639. The Morgan fingerprint density at radius 1 is 1.32 bits per heavy atom. The Kier molecular flexibility index (Phi) is 3.96. The molecule has 1 aromatic rings. The highest BCUT2D eigenvalue weighted by Crippen LogP contribution is 2.39. The standard InChI is InChI=1S/C17H20N2O3/c1-10-14(17(21)22)6-7-15(19-10)16(20)18-9-13-8-11-2-4-12(13)5-3-11/h2,4,6-7,11-13H,3,5,8-9H2,1H3,(H,18,20)(H,21,22). The summed E-state index contributed by atoms with van der Waals surface area (Å²) in [7, 11) is 0. The Morgan fingerprint density at radius 3 is 2.68 bits per heavy atom. The Labute approximate surface area is 129 Å². The van der Waals surface area contributed by atoms with Crippen LogP contribution < -0.4 is 5.32 Å². The predicted octanol–water partition coefficient (Wildman–Crippen LogP) is 2.42. The number of nitrogens with zero attached hydrogens (tertiary/aromatic N) is 1. The smallest absolute Gasteiger partial charge is 0.337 e.